The van der Waals surface area contributed by atoms with Crippen LogP contribution in [0.25, 0.3) is 0 Å². The van der Waals surface area contributed by atoms with Crippen LogP contribution in [0.3, 0.4) is 0 Å². The quantitative estimate of drug-likeness (QED) is 0.121. The maximum atomic E-state index is 14.0. The molecule has 6 rings (SSSR count). The first-order valence-electron chi connectivity index (χ1n) is 20.2. The second-order valence-corrected chi connectivity index (χ2v) is 15.8. The zero-order valence-electron chi connectivity index (χ0n) is 34.4. The van der Waals surface area contributed by atoms with Gasteiger partial charge >= 0.3 is 23.9 Å². The van der Waals surface area contributed by atoms with E-state index in [1.807, 2.05) is 0 Å². The summed E-state index contributed by atoms with van der Waals surface area (Å²) < 4.78 is 37.6. The number of amides is 2. The molecule has 2 aliphatic rings. The van der Waals surface area contributed by atoms with Gasteiger partial charge < -0.3 is 39.1 Å². The van der Waals surface area contributed by atoms with Crippen molar-refractivity contribution < 1.29 is 57.2 Å². The second kappa shape index (κ2) is 19.8. The van der Waals surface area contributed by atoms with Gasteiger partial charge in [-0.05, 0) is 61.4 Å². The standard InChI is InChI=1S/C47H50N2O12/c1-46(2,3)44(54)49-47(45(55)48-4)28-18-17-27-35(47)58-43-38(61-42(53)33-25-15-8-16-26-33)37(60-41(52)32-23-13-7-14-24-32)36(59-40(51)31-21-11-6-12-22-31)34(57-43)29-56-39(50)30-19-9-5-10-20-30/h5-16,19-26,34-38,43H,17-18,27-29H2,1-4H3,(H,48,55)(H,49,54)/t34-,35+,36-,37+,38-,43+,47-/m1/s1. The Morgan fingerprint density at radius 3 is 1.52 bits per heavy atom. The Labute approximate surface area is 354 Å². The van der Waals surface area contributed by atoms with Crippen molar-refractivity contribution in [2.75, 3.05) is 13.7 Å². The Bertz CT molecular complexity index is 2150. The van der Waals surface area contributed by atoms with Gasteiger partial charge in [0.15, 0.2) is 24.6 Å². The molecule has 2 amide bonds. The van der Waals surface area contributed by atoms with E-state index in [0.717, 1.165) is 0 Å². The monoisotopic (exact) mass is 834 g/mol. The highest BCUT2D eigenvalue weighted by Crippen LogP contribution is 2.38. The number of hydrogen-bond donors (Lipinski definition) is 2. The molecule has 1 aliphatic carbocycles. The van der Waals surface area contributed by atoms with Gasteiger partial charge in [-0.25, -0.2) is 19.2 Å². The SMILES string of the molecule is CNC(=O)[C@@]1(NC(=O)C(C)(C)C)CCCC[C@@H]1O[C@@H]1O[C@H](COC(=O)c2ccccc2)[C@@H](OC(=O)c2ccccc2)[C@H](OC(=O)c2ccccc2)[C@H]1OC(=O)c1ccccc1. The molecule has 14 heteroatoms. The van der Waals surface area contributed by atoms with Gasteiger partial charge in [-0.2, -0.15) is 0 Å². The van der Waals surface area contributed by atoms with Gasteiger partial charge in [-0.1, -0.05) is 106 Å². The topological polar surface area (TPSA) is 182 Å². The highest BCUT2D eigenvalue weighted by molar-refractivity contribution is 5.94. The summed E-state index contributed by atoms with van der Waals surface area (Å²) in [7, 11) is 1.45. The summed E-state index contributed by atoms with van der Waals surface area (Å²) >= 11 is 0. The number of ether oxygens (including phenoxy) is 6. The van der Waals surface area contributed by atoms with Crippen molar-refractivity contribution in [3.05, 3.63) is 144 Å². The molecule has 0 spiro atoms. The van der Waals surface area contributed by atoms with Crippen LogP contribution >= 0.6 is 0 Å². The molecule has 1 aliphatic heterocycles. The molecule has 0 radical (unpaired) electrons. The molecule has 0 unspecified atom stereocenters. The maximum Gasteiger partial charge on any atom is 0.338 e. The fourth-order valence-electron chi connectivity index (χ4n) is 7.20. The smallest absolute Gasteiger partial charge is 0.338 e. The fraction of sp³-hybridized carbons (Fsp3) is 0.362. The van der Waals surface area contributed by atoms with Crippen LogP contribution in [-0.2, 0) is 38.0 Å². The van der Waals surface area contributed by atoms with Crippen molar-refractivity contribution >= 4 is 35.7 Å². The van der Waals surface area contributed by atoms with E-state index in [2.05, 4.69) is 10.6 Å². The molecule has 320 valence electrons. The van der Waals surface area contributed by atoms with Crippen LogP contribution in [0.4, 0.5) is 0 Å². The summed E-state index contributed by atoms with van der Waals surface area (Å²) in [6, 6.07) is 32.2. The third-order valence-electron chi connectivity index (χ3n) is 10.5. The number of benzene rings is 4. The van der Waals surface area contributed by atoms with Crippen molar-refractivity contribution in [2.24, 2.45) is 5.41 Å². The summed E-state index contributed by atoms with van der Waals surface area (Å²) in [4.78, 5) is 83.0. The van der Waals surface area contributed by atoms with Crippen LogP contribution in [0.2, 0.25) is 0 Å². The van der Waals surface area contributed by atoms with Gasteiger partial charge in [-0.15, -0.1) is 0 Å². The Morgan fingerprint density at radius 2 is 1.07 bits per heavy atom. The maximum absolute atomic E-state index is 14.0. The van der Waals surface area contributed by atoms with Crippen molar-refractivity contribution in [3.63, 3.8) is 0 Å². The second-order valence-electron chi connectivity index (χ2n) is 15.8. The highest BCUT2D eigenvalue weighted by Gasteiger charge is 2.57. The lowest BCUT2D eigenvalue weighted by molar-refractivity contribution is -0.314. The van der Waals surface area contributed by atoms with Gasteiger partial charge in [0.25, 0.3) is 0 Å². The Morgan fingerprint density at radius 1 is 0.623 bits per heavy atom. The number of nitrogens with one attached hydrogen (secondary N) is 2. The zero-order chi connectivity index (χ0) is 43.6. The van der Waals surface area contributed by atoms with Gasteiger partial charge in [0.2, 0.25) is 11.8 Å². The van der Waals surface area contributed by atoms with E-state index in [1.165, 1.54) is 43.4 Å². The number of rotatable bonds is 13. The van der Waals surface area contributed by atoms with Crippen LogP contribution in [0.15, 0.2) is 121 Å². The van der Waals surface area contributed by atoms with Gasteiger partial charge in [0.1, 0.15) is 18.2 Å². The van der Waals surface area contributed by atoms with E-state index in [-0.39, 0.29) is 35.1 Å². The van der Waals surface area contributed by atoms with Gasteiger partial charge in [0, 0.05) is 12.5 Å². The molecule has 7 atom stereocenters. The van der Waals surface area contributed by atoms with Crippen LogP contribution in [0, 0.1) is 5.41 Å². The molecule has 2 fully saturated rings. The first-order chi connectivity index (χ1) is 29.3. The summed E-state index contributed by atoms with van der Waals surface area (Å²) in [5.74, 6) is -4.27. The minimum Gasteiger partial charge on any atom is -0.459 e. The average molecular weight is 835 g/mol. The van der Waals surface area contributed by atoms with Crippen LogP contribution in [0.5, 0.6) is 0 Å². The summed E-state index contributed by atoms with van der Waals surface area (Å²) in [6.07, 6.45) is -7.58. The van der Waals surface area contributed by atoms with Crippen LogP contribution in [0.1, 0.15) is 87.9 Å². The molecule has 1 saturated heterocycles. The first kappa shape index (κ1) is 44.2. The Hall–Kier alpha value is -6.38. The number of carbonyl (C=O) groups is 6. The summed E-state index contributed by atoms with van der Waals surface area (Å²) in [5.41, 5.74) is -1.93. The Kier molecular flexibility index (Phi) is 14.3. The van der Waals surface area contributed by atoms with Crippen LogP contribution in [-0.4, -0.2) is 91.7 Å². The third-order valence-corrected chi connectivity index (χ3v) is 10.5. The lowest BCUT2D eigenvalue weighted by Crippen LogP contribution is -2.70. The number of carbonyl (C=O) groups excluding carboxylic acids is 6. The minimum absolute atomic E-state index is 0.121. The van der Waals surface area contributed by atoms with E-state index < -0.39 is 90.1 Å². The molecule has 1 saturated carbocycles. The number of esters is 4. The first-order valence-corrected chi connectivity index (χ1v) is 20.2. The summed E-state index contributed by atoms with van der Waals surface area (Å²) in [6.45, 7) is 4.58. The molecule has 0 aromatic heterocycles. The average Bonchev–Trinajstić information content (AvgIpc) is 3.28. The molecule has 1 heterocycles. The molecule has 14 nitrogen and oxygen atoms in total. The van der Waals surface area contributed by atoms with Crippen LogP contribution < -0.4 is 10.6 Å². The fourth-order valence-corrected chi connectivity index (χ4v) is 7.20. The van der Waals surface area contributed by atoms with Crippen molar-refractivity contribution in [1.82, 2.24) is 10.6 Å². The van der Waals surface area contributed by atoms with E-state index in [0.29, 0.717) is 12.8 Å². The molecule has 4 aromatic rings. The van der Waals surface area contributed by atoms with Crippen molar-refractivity contribution in [1.29, 1.82) is 0 Å². The predicted octanol–water partition coefficient (Wildman–Crippen LogP) is 5.85. The van der Waals surface area contributed by atoms with Crippen molar-refractivity contribution in [3.8, 4) is 0 Å². The lowest BCUT2D eigenvalue weighted by atomic mass is 9.77. The summed E-state index contributed by atoms with van der Waals surface area (Å²) in [5, 5.41) is 5.64. The number of hydrogen-bond acceptors (Lipinski definition) is 12. The van der Waals surface area contributed by atoms with Gasteiger partial charge in [-0.3, -0.25) is 9.59 Å². The van der Waals surface area contributed by atoms with E-state index in [9.17, 15) is 28.8 Å². The predicted molar refractivity (Wildman–Crippen MR) is 220 cm³/mol. The molecule has 61 heavy (non-hydrogen) atoms. The third kappa shape index (κ3) is 10.7. The molecular formula is C47H50N2O12. The normalized spacial score (nSPS) is 23.7. The Balaban J connectivity index is 1.47. The molecule has 2 N–H and O–H groups in total. The largest absolute Gasteiger partial charge is 0.459 e. The molecule has 0 bridgehead atoms. The van der Waals surface area contributed by atoms with Crippen molar-refractivity contribution in [2.45, 2.75) is 88.8 Å². The van der Waals surface area contributed by atoms with Gasteiger partial charge in [0.05, 0.1) is 28.4 Å². The lowest BCUT2D eigenvalue weighted by Gasteiger charge is -2.48. The van der Waals surface area contributed by atoms with E-state index in [1.54, 1.807) is 106 Å². The molecule has 4 aromatic carbocycles. The number of likely N-dealkylation sites (N-methyl/N-ethyl adjacent to an activating group) is 1. The zero-order valence-corrected chi connectivity index (χ0v) is 34.4. The highest BCUT2D eigenvalue weighted by atomic mass is 16.7. The van der Waals surface area contributed by atoms with E-state index in [4.69, 9.17) is 28.4 Å². The molecular weight excluding hydrogens is 785 g/mol. The van der Waals surface area contributed by atoms with E-state index >= 15 is 0 Å². The minimum atomic E-state index is -1.68.